The Morgan fingerprint density at radius 1 is 1.50 bits per heavy atom. The molecule has 1 saturated carbocycles. The molecule has 8 heavy (non-hydrogen) atoms. The fourth-order valence-electron chi connectivity index (χ4n) is 0.591. The minimum Gasteiger partial charge on any atom is -0.126 e. The van der Waals surface area contributed by atoms with E-state index in [4.69, 9.17) is 34.8 Å². The van der Waals surface area contributed by atoms with Gasteiger partial charge in [-0.15, -0.1) is 34.8 Å². The van der Waals surface area contributed by atoms with Gasteiger partial charge in [0, 0.05) is 11.3 Å². The predicted molar refractivity (Wildman–Crippen MR) is 37.9 cm³/mol. The highest BCUT2D eigenvalue weighted by Gasteiger charge is 2.62. The van der Waals surface area contributed by atoms with Crippen molar-refractivity contribution < 1.29 is 0 Å². The summed E-state index contributed by atoms with van der Waals surface area (Å²) in [6.45, 7) is 1.99. The molecule has 0 aromatic carbocycles. The van der Waals surface area contributed by atoms with Crippen molar-refractivity contribution in [2.75, 3.05) is 5.88 Å². The minimum absolute atomic E-state index is 0.0162. The van der Waals surface area contributed by atoms with Crippen molar-refractivity contribution in [2.24, 2.45) is 5.41 Å². The Morgan fingerprint density at radius 3 is 1.88 bits per heavy atom. The Morgan fingerprint density at radius 2 is 1.88 bits per heavy atom. The van der Waals surface area contributed by atoms with Gasteiger partial charge in [0.1, 0.15) is 4.33 Å². The van der Waals surface area contributed by atoms with Crippen molar-refractivity contribution >= 4 is 34.8 Å². The van der Waals surface area contributed by atoms with Crippen molar-refractivity contribution in [1.29, 1.82) is 0 Å². The molecule has 0 radical (unpaired) electrons. The average Bonchev–Trinajstić information content (AvgIpc) is 2.10. The molecule has 0 nitrogen and oxygen atoms in total. The highest BCUT2D eigenvalue weighted by Crippen LogP contribution is 2.64. The molecule has 1 aliphatic carbocycles. The van der Waals surface area contributed by atoms with E-state index in [0.717, 1.165) is 6.42 Å². The standard InChI is InChI=1S/C5H7Cl3/c1-4(3-6)2-5(4,7)8/h2-3H2,1H3. The zero-order valence-corrected chi connectivity index (χ0v) is 6.82. The van der Waals surface area contributed by atoms with Gasteiger partial charge in [-0.25, -0.2) is 0 Å². The fraction of sp³-hybridized carbons (Fsp3) is 1.00. The second-order valence-corrected chi connectivity index (χ2v) is 4.33. The summed E-state index contributed by atoms with van der Waals surface area (Å²) in [7, 11) is 0. The Balaban J connectivity index is 2.55. The van der Waals surface area contributed by atoms with Crippen molar-refractivity contribution in [1.82, 2.24) is 0 Å². The van der Waals surface area contributed by atoms with Crippen LogP contribution >= 0.6 is 34.8 Å². The first kappa shape index (κ1) is 6.98. The Hall–Kier alpha value is 0.870. The van der Waals surface area contributed by atoms with Gasteiger partial charge in [-0.3, -0.25) is 0 Å². The molecule has 1 unspecified atom stereocenters. The third kappa shape index (κ3) is 0.832. The van der Waals surface area contributed by atoms with Crippen LogP contribution in [-0.2, 0) is 0 Å². The van der Waals surface area contributed by atoms with E-state index in [9.17, 15) is 0 Å². The number of hydrogen-bond acceptors (Lipinski definition) is 0. The molecule has 0 bridgehead atoms. The minimum atomic E-state index is -0.533. The molecule has 0 amide bonds. The molecule has 0 heterocycles. The van der Waals surface area contributed by atoms with Gasteiger partial charge in [0.05, 0.1) is 0 Å². The van der Waals surface area contributed by atoms with E-state index in [0.29, 0.717) is 5.88 Å². The molecule has 1 atom stereocenters. The smallest absolute Gasteiger partial charge is 0.125 e. The number of hydrogen-bond donors (Lipinski definition) is 0. The van der Waals surface area contributed by atoms with E-state index in [1.807, 2.05) is 6.92 Å². The van der Waals surface area contributed by atoms with Crippen molar-refractivity contribution in [3.63, 3.8) is 0 Å². The van der Waals surface area contributed by atoms with Crippen LogP contribution in [0.2, 0.25) is 0 Å². The summed E-state index contributed by atoms with van der Waals surface area (Å²) in [5.41, 5.74) is -0.0162. The van der Waals surface area contributed by atoms with Gasteiger partial charge in [0.15, 0.2) is 0 Å². The molecular weight excluding hydrogens is 166 g/mol. The molecule has 0 spiro atoms. The van der Waals surface area contributed by atoms with Crippen molar-refractivity contribution in [2.45, 2.75) is 17.7 Å². The Bertz CT molecular complexity index is 110. The molecular formula is C5H7Cl3. The van der Waals surface area contributed by atoms with Crippen molar-refractivity contribution in [3.05, 3.63) is 0 Å². The van der Waals surface area contributed by atoms with E-state index in [-0.39, 0.29) is 5.41 Å². The van der Waals surface area contributed by atoms with Gasteiger partial charge in [0.2, 0.25) is 0 Å². The highest BCUT2D eigenvalue weighted by molar-refractivity contribution is 6.51. The summed E-state index contributed by atoms with van der Waals surface area (Å²) < 4.78 is -0.533. The van der Waals surface area contributed by atoms with Crippen molar-refractivity contribution in [3.8, 4) is 0 Å². The molecule has 0 aliphatic heterocycles. The van der Waals surface area contributed by atoms with Crippen LogP contribution in [0.3, 0.4) is 0 Å². The van der Waals surface area contributed by atoms with E-state index in [1.54, 1.807) is 0 Å². The maximum atomic E-state index is 5.73. The predicted octanol–water partition coefficient (Wildman–Crippen LogP) is 2.81. The lowest BCUT2D eigenvalue weighted by molar-refractivity contribution is 0.650. The van der Waals surface area contributed by atoms with Crippen LogP contribution in [0.1, 0.15) is 13.3 Å². The van der Waals surface area contributed by atoms with E-state index >= 15 is 0 Å². The summed E-state index contributed by atoms with van der Waals surface area (Å²) in [6.07, 6.45) is 0.826. The first-order valence-electron chi connectivity index (χ1n) is 2.46. The second-order valence-electron chi connectivity index (χ2n) is 2.58. The zero-order valence-electron chi connectivity index (χ0n) is 4.55. The van der Waals surface area contributed by atoms with Crippen LogP contribution in [0.4, 0.5) is 0 Å². The van der Waals surface area contributed by atoms with Crippen LogP contribution in [0, 0.1) is 5.41 Å². The Kier molecular flexibility index (Phi) is 1.47. The third-order valence-electron chi connectivity index (χ3n) is 1.67. The number of rotatable bonds is 1. The molecule has 0 N–H and O–H groups in total. The molecule has 3 heteroatoms. The van der Waals surface area contributed by atoms with E-state index in [2.05, 4.69) is 0 Å². The maximum absolute atomic E-state index is 5.73. The van der Waals surface area contributed by atoms with Crippen LogP contribution in [0.25, 0.3) is 0 Å². The molecule has 1 fully saturated rings. The molecule has 0 aromatic rings. The summed E-state index contributed by atoms with van der Waals surface area (Å²) in [4.78, 5) is 0. The molecule has 0 aromatic heterocycles. The largest absolute Gasteiger partial charge is 0.126 e. The van der Waals surface area contributed by atoms with E-state index < -0.39 is 4.33 Å². The lowest BCUT2D eigenvalue weighted by Crippen LogP contribution is -2.04. The molecule has 1 aliphatic rings. The van der Waals surface area contributed by atoms with Gasteiger partial charge < -0.3 is 0 Å². The number of alkyl halides is 3. The van der Waals surface area contributed by atoms with Gasteiger partial charge in [-0.1, -0.05) is 6.92 Å². The summed E-state index contributed by atoms with van der Waals surface area (Å²) >= 11 is 17.0. The monoisotopic (exact) mass is 172 g/mol. The quantitative estimate of drug-likeness (QED) is 0.535. The van der Waals surface area contributed by atoms with Crippen LogP contribution < -0.4 is 0 Å². The zero-order chi connectivity index (χ0) is 6.41. The summed E-state index contributed by atoms with van der Waals surface area (Å²) in [6, 6.07) is 0. The lowest BCUT2D eigenvalue weighted by Gasteiger charge is -2.03. The van der Waals surface area contributed by atoms with E-state index in [1.165, 1.54) is 0 Å². The second kappa shape index (κ2) is 1.68. The summed E-state index contributed by atoms with van der Waals surface area (Å²) in [5.74, 6) is 0.556. The maximum Gasteiger partial charge on any atom is 0.125 e. The molecule has 0 saturated heterocycles. The van der Waals surface area contributed by atoms with Gasteiger partial charge >= 0.3 is 0 Å². The fourth-order valence-corrected chi connectivity index (χ4v) is 1.77. The average molecular weight is 173 g/mol. The van der Waals surface area contributed by atoms with Crippen LogP contribution in [-0.4, -0.2) is 10.2 Å². The third-order valence-corrected chi connectivity index (χ3v) is 3.43. The molecule has 48 valence electrons. The lowest BCUT2D eigenvalue weighted by atomic mass is 10.2. The summed E-state index contributed by atoms with van der Waals surface area (Å²) in [5, 5.41) is 0. The van der Waals surface area contributed by atoms with Crippen LogP contribution in [0.5, 0.6) is 0 Å². The van der Waals surface area contributed by atoms with Crippen LogP contribution in [0.15, 0.2) is 0 Å². The molecule has 1 rings (SSSR count). The van der Waals surface area contributed by atoms with Gasteiger partial charge in [-0.2, -0.15) is 0 Å². The first-order valence-corrected chi connectivity index (χ1v) is 3.75. The van der Waals surface area contributed by atoms with Gasteiger partial charge in [-0.05, 0) is 6.42 Å². The highest BCUT2D eigenvalue weighted by atomic mass is 35.5. The SMILES string of the molecule is CC1(CCl)CC1(Cl)Cl. The normalized spacial score (nSPS) is 42.0. The topological polar surface area (TPSA) is 0 Å². The first-order chi connectivity index (χ1) is 3.52. The Labute approximate surface area is 64.1 Å². The number of halogens is 3. The van der Waals surface area contributed by atoms with Gasteiger partial charge in [0.25, 0.3) is 0 Å².